The number of hydrogen-bond acceptors (Lipinski definition) is 4. The molecule has 21 heavy (non-hydrogen) atoms. The van der Waals surface area contributed by atoms with Crippen LogP contribution in [0.15, 0.2) is 36.5 Å². The monoisotopic (exact) mass is 319 g/mol. The standard InChI is InChI=1S/C14H11Cl2N5/c1-9-10(3-2-6-17-9)8-21-14(18-19-20-21)12-7-11(15)4-5-13(12)16/h2-7H,8H2,1H3. The van der Waals surface area contributed by atoms with Gasteiger partial charge in [0.1, 0.15) is 0 Å². The molecule has 7 heteroatoms. The number of aryl methyl sites for hydroxylation is 1. The lowest BCUT2D eigenvalue weighted by molar-refractivity contribution is 0.649. The minimum Gasteiger partial charge on any atom is -0.261 e. The zero-order valence-electron chi connectivity index (χ0n) is 11.2. The van der Waals surface area contributed by atoms with E-state index in [1.807, 2.05) is 19.1 Å². The van der Waals surface area contributed by atoms with Crippen LogP contribution >= 0.6 is 23.2 Å². The van der Waals surface area contributed by atoms with Gasteiger partial charge in [0.05, 0.1) is 11.6 Å². The fraction of sp³-hybridized carbons (Fsp3) is 0.143. The predicted octanol–water partition coefficient (Wildman–Crippen LogP) is 3.40. The Morgan fingerprint density at radius 2 is 2.05 bits per heavy atom. The van der Waals surface area contributed by atoms with Crippen LogP contribution in [0.5, 0.6) is 0 Å². The SMILES string of the molecule is Cc1ncccc1Cn1nnnc1-c1cc(Cl)ccc1Cl. The van der Waals surface area contributed by atoms with Crippen LogP contribution in [0.2, 0.25) is 10.0 Å². The Hall–Kier alpha value is -1.98. The first kappa shape index (κ1) is 14.0. The van der Waals surface area contributed by atoms with Gasteiger partial charge in [0.2, 0.25) is 0 Å². The third-order valence-corrected chi connectivity index (χ3v) is 3.70. The van der Waals surface area contributed by atoms with Crippen molar-refractivity contribution < 1.29 is 0 Å². The quantitative estimate of drug-likeness (QED) is 0.742. The summed E-state index contributed by atoms with van der Waals surface area (Å²) in [5, 5.41) is 13.0. The Labute approximate surface area is 131 Å². The minimum absolute atomic E-state index is 0.519. The van der Waals surface area contributed by atoms with Gasteiger partial charge >= 0.3 is 0 Å². The molecule has 0 aliphatic carbocycles. The number of tetrazole rings is 1. The number of benzene rings is 1. The largest absolute Gasteiger partial charge is 0.261 e. The summed E-state index contributed by atoms with van der Waals surface area (Å²) in [6, 6.07) is 9.09. The van der Waals surface area contributed by atoms with Crippen molar-refractivity contribution in [1.82, 2.24) is 25.2 Å². The van der Waals surface area contributed by atoms with E-state index >= 15 is 0 Å². The van der Waals surface area contributed by atoms with Crippen molar-refractivity contribution in [3.63, 3.8) is 0 Å². The summed E-state index contributed by atoms with van der Waals surface area (Å²) in [7, 11) is 0. The molecule has 0 fully saturated rings. The molecule has 0 spiro atoms. The molecule has 106 valence electrons. The van der Waals surface area contributed by atoms with Gasteiger partial charge in [-0.1, -0.05) is 29.3 Å². The minimum atomic E-state index is 0.519. The number of halogens is 2. The van der Waals surface area contributed by atoms with Gasteiger partial charge < -0.3 is 0 Å². The first-order valence-electron chi connectivity index (χ1n) is 6.27. The third kappa shape index (κ3) is 2.89. The summed E-state index contributed by atoms with van der Waals surface area (Å²) in [6.45, 7) is 2.47. The van der Waals surface area contributed by atoms with Crippen molar-refractivity contribution in [3.8, 4) is 11.4 Å². The van der Waals surface area contributed by atoms with Crippen LogP contribution in [0.3, 0.4) is 0 Å². The van der Waals surface area contributed by atoms with Crippen molar-refractivity contribution >= 4 is 23.2 Å². The fourth-order valence-electron chi connectivity index (χ4n) is 2.02. The van der Waals surface area contributed by atoms with E-state index in [1.165, 1.54) is 0 Å². The average molecular weight is 320 g/mol. The molecule has 0 bridgehead atoms. The van der Waals surface area contributed by atoms with Crippen molar-refractivity contribution in [3.05, 3.63) is 57.8 Å². The van der Waals surface area contributed by atoms with E-state index in [9.17, 15) is 0 Å². The highest BCUT2D eigenvalue weighted by Gasteiger charge is 2.14. The van der Waals surface area contributed by atoms with Gasteiger partial charge in [0.25, 0.3) is 0 Å². The first-order chi connectivity index (χ1) is 10.1. The molecule has 0 amide bonds. The van der Waals surface area contributed by atoms with Crippen LogP contribution < -0.4 is 0 Å². The summed E-state index contributed by atoms with van der Waals surface area (Å²) in [5.74, 6) is 0.575. The normalized spacial score (nSPS) is 10.8. The van der Waals surface area contributed by atoms with Crippen molar-refractivity contribution in [1.29, 1.82) is 0 Å². The highest BCUT2D eigenvalue weighted by molar-refractivity contribution is 6.35. The molecule has 0 atom stereocenters. The third-order valence-electron chi connectivity index (χ3n) is 3.14. The number of hydrogen-bond donors (Lipinski definition) is 0. The van der Waals surface area contributed by atoms with Gasteiger partial charge in [-0.05, 0) is 47.2 Å². The molecular formula is C14H11Cl2N5. The smallest absolute Gasteiger partial charge is 0.183 e. The zero-order chi connectivity index (χ0) is 14.8. The average Bonchev–Trinajstić information content (AvgIpc) is 2.92. The molecule has 0 saturated heterocycles. The van der Waals surface area contributed by atoms with E-state index in [-0.39, 0.29) is 0 Å². The van der Waals surface area contributed by atoms with E-state index in [2.05, 4.69) is 20.5 Å². The van der Waals surface area contributed by atoms with Crippen LogP contribution in [-0.2, 0) is 6.54 Å². The number of aromatic nitrogens is 5. The molecule has 3 rings (SSSR count). The summed E-state index contributed by atoms with van der Waals surface area (Å²) in [6.07, 6.45) is 1.76. The highest BCUT2D eigenvalue weighted by Crippen LogP contribution is 2.29. The van der Waals surface area contributed by atoms with E-state index in [0.717, 1.165) is 11.3 Å². The van der Waals surface area contributed by atoms with Gasteiger partial charge in [0.15, 0.2) is 5.82 Å². The molecule has 1 aromatic carbocycles. The lowest BCUT2D eigenvalue weighted by Crippen LogP contribution is -2.06. The molecule has 0 radical (unpaired) electrons. The molecule has 0 aliphatic rings. The number of nitrogens with zero attached hydrogens (tertiary/aromatic N) is 5. The first-order valence-corrected chi connectivity index (χ1v) is 7.03. The van der Waals surface area contributed by atoms with Crippen molar-refractivity contribution in [2.75, 3.05) is 0 Å². The van der Waals surface area contributed by atoms with Gasteiger partial charge in [-0.3, -0.25) is 4.98 Å². The highest BCUT2D eigenvalue weighted by atomic mass is 35.5. The Kier molecular flexibility index (Phi) is 3.86. The Morgan fingerprint density at radius 3 is 2.86 bits per heavy atom. The van der Waals surface area contributed by atoms with Gasteiger partial charge in [-0.15, -0.1) is 5.10 Å². The Morgan fingerprint density at radius 1 is 1.19 bits per heavy atom. The second-order valence-corrected chi connectivity index (χ2v) is 5.38. The molecular weight excluding hydrogens is 309 g/mol. The Balaban J connectivity index is 2.02. The van der Waals surface area contributed by atoms with Crippen LogP contribution in [0.4, 0.5) is 0 Å². The molecule has 0 unspecified atom stereocenters. The summed E-state index contributed by atoms with van der Waals surface area (Å²) < 4.78 is 1.68. The lowest BCUT2D eigenvalue weighted by Gasteiger charge is -2.08. The predicted molar refractivity (Wildman–Crippen MR) is 81.3 cm³/mol. The van der Waals surface area contributed by atoms with Crippen LogP contribution in [-0.4, -0.2) is 25.2 Å². The zero-order valence-corrected chi connectivity index (χ0v) is 12.7. The summed E-state index contributed by atoms with van der Waals surface area (Å²) in [4.78, 5) is 4.26. The maximum Gasteiger partial charge on any atom is 0.183 e. The molecule has 0 N–H and O–H groups in total. The maximum atomic E-state index is 6.21. The molecule has 2 aromatic heterocycles. The lowest BCUT2D eigenvalue weighted by atomic mass is 10.2. The van der Waals surface area contributed by atoms with E-state index < -0.39 is 0 Å². The van der Waals surface area contributed by atoms with Crippen molar-refractivity contribution in [2.24, 2.45) is 0 Å². The topological polar surface area (TPSA) is 56.5 Å². The summed E-state index contributed by atoms with van der Waals surface area (Å²) >= 11 is 12.2. The van der Waals surface area contributed by atoms with Crippen LogP contribution in [0.1, 0.15) is 11.3 Å². The van der Waals surface area contributed by atoms with Crippen molar-refractivity contribution in [2.45, 2.75) is 13.5 Å². The number of pyridine rings is 1. The molecule has 5 nitrogen and oxygen atoms in total. The van der Waals surface area contributed by atoms with Gasteiger partial charge in [-0.2, -0.15) is 0 Å². The second-order valence-electron chi connectivity index (χ2n) is 4.53. The van der Waals surface area contributed by atoms with Gasteiger partial charge in [-0.25, -0.2) is 4.68 Å². The van der Waals surface area contributed by atoms with E-state index in [4.69, 9.17) is 23.2 Å². The molecule has 3 aromatic rings. The molecule has 0 aliphatic heterocycles. The van der Waals surface area contributed by atoms with E-state index in [0.29, 0.717) is 28.0 Å². The molecule has 0 saturated carbocycles. The van der Waals surface area contributed by atoms with Crippen LogP contribution in [0, 0.1) is 6.92 Å². The summed E-state index contributed by atoms with van der Waals surface area (Å²) in [5.41, 5.74) is 2.69. The molecule has 2 heterocycles. The van der Waals surface area contributed by atoms with Crippen LogP contribution in [0.25, 0.3) is 11.4 Å². The fourth-order valence-corrected chi connectivity index (χ4v) is 2.39. The van der Waals surface area contributed by atoms with Gasteiger partial charge in [0, 0.05) is 22.5 Å². The van der Waals surface area contributed by atoms with E-state index in [1.54, 1.807) is 29.1 Å². The number of rotatable bonds is 3. The second kappa shape index (κ2) is 5.79. The Bertz CT molecular complexity index is 785. The maximum absolute atomic E-state index is 6.21.